The average Bonchev–Trinajstić information content (AvgIpc) is 2.46. The van der Waals surface area contributed by atoms with Gasteiger partial charge in [-0.05, 0) is 43.0 Å². The van der Waals surface area contributed by atoms with Gasteiger partial charge in [-0.1, -0.05) is 34.1 Å². The van der Waals surface area contributed by atoms with E-state index in [1.165, 1.54) is 24.9 Å². The van der Waals surface area contributed by atoms with Gasteiger partial charge in [-0.3, -0.25) is 4.79 Å². The van der Waals surface area contributed by atoms with Gasteiger partial charge in [-0.25, -0.2) is 0 Å². The largest absolute Gasteiger partial charge is 0.372 e. The van der Waals surface area contributed by atoms with Crippen molar-refractivity contribution in [2.24, 2.45) is 11.3 Å². The molecular formula is C18H27NO. The molecule has 110 valence electrons. The lowest BCUT2D eigenvalue weighted by molar-refractivity contribution is 0.0858. The Labute approximate surface area is 123 Å². The molecule has 0 radical (unpaired) electrons. The maximum atomic E-state index is 12.2. The molecule has 1 aromatic rings. The smallest absolute Gasteiger partial charge is 0.168 e. The van der Waals surface area contributed by atoms with E-state index in [2.05, 4.69) is 24.0 Å². The van der Waals surface area contributed by atoms with Crippen LogP contribution in [0.5, 0.6) is 0 Å². The monoisotopic (exact) mass is 273 g/mol. The van der Waals surface area contributed by atoms with E-state index in [-0.39, 0.29) is 11.2 Å². The molecule has 2 nitrogen and oxygen atoms in total. The summed E-state index contributed by atoms with van der Waals surface area (Å²) in [7, 11) is 0. The first-order valence-corrected chi connectivity index (χ1v) is 7.81. The number of Topliss-reactive ketones (excluding diaryl/α,β-unsaturated/α-hetero) is 1. The van der Waals surface area contributed by atoms with Gasteiger partial charge in [0.15, 0.2) is 5.78 Å². The third-order valence-corrected chi connectivity index (χ3v) is 4.37. The molecule has 0 atom stereocenters. The average molecular weight is 273 g/mol. The van der Waals surface area contributed by atoms with Gasteiger partial charge in [0.05, 0.1) is 0 Å². The van der Waals surface area contributed by atoms with E-state index < -0.39 is 0 Å². The van der Waals surface area contributed by atoms with Crippen molar-refractivity contribution in [2.45, 2.75) is 47.0 Å². The highest BCUT2D eigenvalue weighted by Crippen LogP contribution is 2.27. The normalized spacial score (nSPS) is 17.3. The summed E-state index contributed by atoms with van der Waals surface area (Å²) in [5, 5.41) is 0. The van der Waals surface area contributed by atoms with Crippen LogP contribution in [0, 0.1) is 11.3 Å². The van der Waals surface area contributed by atoms with Gasteiger partial charge in [0, 0.05) is 29.8 Å². The lowest BCUT2D eigenvalue weighted by atomic mass is 9.86. The van der Waals surface area contributed by atoms with Crippen LogP contribution in [0.1, 0.15) is 57.3 Å². The zero-order valence-electron chi connectivity index (χ0n) is 13.3. The highest BCUT2D eigenvalue weighted by atomic mass is 16.1. The number of benzene rings is 1. The van der Waals surface area contributed by atoms with E-state index in [4.69, 9.17) is 0 Å². The molecule has 2 heteroatoms. The first-order valence-electron chi connectivity index (χ1n) is 7.81. The Bertz CT molecular complexity index is 447. The number of carbonyl (C=O) groups excluding carboxylic acids is 1. The summed E-state index contributed by atoms with van der Waals surface area (Å²) in [4.78, 5) is 14.7. The van der Waals surface area contributed by atoms with Gasteiger partial charge < -0.3 is 4.90 Å². The molecule has 1 aromatic carbocycles. The quantitative estimate of drug-likeness (QED) is 0.753. The van der Waals surface area contributed by atoms with E-state index in [9.17, 15) is 4.79 Å². The minimum absolute atomic E-state index is 0.216. The Hall–Kier alpha value is -1.31. The second kappa shape index (κ2) is 5.99. The molecule has 0 spiro atoms. The van der Waals surface area contributed by atoms with Crippen LogP contribution in [-0.2, 0) is 0 Å². The lowest BCUT2D eigenvalue weighted by Gasteiger charge is -2.33. The number of nitrogens with zero attached hydrogens (tertiary/aromatic N) is 1. The summed E-state index contributed by atoms with van der Waals surface area (Å²) >= 11 is 0. The molecule has 0 aromatic heterocycles. The summed E-state index contributed by atoms with van der Waals surface area (Å²) in [6.07, 6.45) is 3.88. The second-order valence-electron chi connectivity index (χ2n) is 6.96. The number of piperidine rings is 1. The molecule has 0 bridgehead atoms. The first kappa shape index (κ1) is 15.1. The Kier molecular flexibility index (Phi) is 4.52. The van der Waals surface area contributed by atoms with Gasteiger partial charge in [-0.15, -0.1) is 0 Å². The molecular weight excluding hydrogens is 246 g/mol. The summed E-state index contributed by atoms with van der Waals surface area (Å²) in [6.45, 7) is 10.5. The zero-order chi connectivity index (χ0) is 14.8. The molecule has 1 aliphatic heterocycles. The standard InChI is InChI=1S/C18H27NO/c1-5-14-10-12-19(13-11-14)16-8-6-15(7-9-16)17(20)18(2,3)4/h6-9,14H,5,10-13H2,1-4H3. The topological polar surface area (TPSA) is 20.3 Å². The van der Waals surface area contributed by atoms with Crippen molar-refractivity contribution < 1.29 is 4.79 Å². The number of carbonyl (C=O) groups is 1. The molecule has 0 aliphatic carbocycles. The third-order valence-electron chi connectivity index (χ3n) is 4.37. The summed E-state index contributed by atoms with van der Waals surface area (Å²) < 4.78 is 0. The molecule has 0 saturated carbocycles. The van der Waals surface area contributed by atoms with Crippen molar-refractivity contribution in [3.05, 3.63) is 29.8 Å². The summed E-state index contributed by atoms with van der Waals surface area (Å²) in [5.74, 6) is 1.11. The number of anilines is 1. The Morgan fingerprint density at radius 2 is 1.70 bits per heavy atom. The fourth-order valence-corrected chi connectivity index (χ4v) is 2.86. The maximum absolute atomic E-state index is 12.2. The number of hydrogen-bond donors (Lipinski definition) is 0. The van der Waals surface area contributed by atoms with E-state index >= 15 is 0 Å². The van der Waals surface area contributed by atoms with Crippen LogP contribution >= 0.6 is 0 Å². The fraction of sp³-hybridized carbons (Fsp3) is 0.611. The van der Waals surface area contributed by atoms with Gasteiger partial charge >= 0.3 is 0 Å². The van der Waals surface area contributed by atoms with E-state index in [0.29, 0.717) is 0 Å². The fourth-order valence-electron chi connectivity index (χ4n) is 2.86. The highest BCUT2D eigenvalue weighted by Gasteiger charge is 2.23. The van der Waals surface area contributed by atoms with Gasteiger partial charge in [0.1, 0.15) is 0 Å². The molecule has 1 aliphatic rings. The van der Waals surface area contributed by atoms with Crippen LogP contribution in [0.15, 0.2) is 24.3 Å². The summed E-state index contributed by atoms with van der Waals surface area (Å²) in [5.41, 5.74) is 1.77. The molecule has 0 amide bonds. The molecule has 2 rings (SSSR count). The first-order chi connectivity index (χ1) is 9.41. The van der Waals surface area contributed by atoms with Crippen molar-refractivity contribution in [2.75, 3.05) is 18.0 Å². The van der Waals surface area contributed by atoms with E-state index in [1.807, 2.05) is 32.9 Å². The number of rotatable bonds is 3. The molecule has 1 heterocycles. The van der Waals surface area contributed by atoms with E-state index in [1.54, 1.807) is 0 Å². The van der Waals surface area contributed by atoms with Crippen LogP contribution in [0.3, 0.4) is 0 Å². The van der Waals surface area contributed by atoms with Gasteiger partial charge in [-0.2, -0.15) is 0 Å². The molecule has 20 heavy (non-hydrogen) atoms. The second-order valence-corrected chi connectivity index (χ2v) is 6.96. The zero-order valence-corrected chi connectivity index (χ0v) is 13.3. The van der Waals surface area contributed by atoms with Gasteiger partial charge in [0.25, 0.3) is 0 Å². The predicted molar refractivity (Wildman–Crippen MR) is 85.5 cm³/mol. The molecule has 1 saturated heterocycles. The predicted octanol–water partition coefficient (Wildman–Crippen LogP) is 4.54. The van der Waals surface area contributed by atoms with Crippen molar-refractivity contribution in [1.29, 1.82) is 0 Å². The molecule has 1 fully saturated rings. The number of hydrogen-bond acceptors (Lipinski definition) is 2. The Balaban J connectivity index is 2.04. The van der Waals surface area contributed by atoms with Crippen molar-refractivity contribution >= 4 is 11.5 Å². The van der Waals surface area contributed by atoms with Crippen LogP contribution in [0.2, 0.25) is 0 Å². The minimum Gasteiger partial charge on any atom is -0.372 e. The van der Waals surface area contributed by atoms with Crippen molar-refractivity contribution in [3.63, 3.8) is 0 Å². The Morgan fingerprint density at radius 3 is 2.15 bits per heavy atom. The highest BCUT2D eigenvalue weighted by molar-refractivity contribution is 6.00. The summed E-state index contributed by atoms with van der Waals surface area (Å²) in [6, 6.07) is 8.17. The lowest BCUT2D eigenvalue weighted by Crippen LogP contribution is -2.33. The molecule has 0 N–H and O–H groups in total. The van der Waals surface area contributed by atoms with Crippen LogP contribution in [0.25, 0.3) is 0 Å². The van der Waals surface area contributed by atoms with Crippen LogP contribution < -0.4 is 4.90 Å². The van der Waals surface area contributed by atoms with Crippen molar-refractivity contribution in [1.82, 2.24) is 0 Å². The van der Waals surface area contributed by atoms with Gasteiger partial charge in [0.2, 0.25) is 0 Å². The van der Waals surface area contributed by atoms with E-state index in [0.717, 1.165) is 24.6 Å². The SMILES string of the molecule is CCC1CCN(c2ccc(C(=O)C(C)(C)C)cc2)CC1. The third kappa shape index (κ3) is 3.41. The number of ketones is 1. The minimum atomic E-state index is -0.305. The Morgan fingerprint density at radius 1 is 1.15 bits per heavy atom. The van der Waals surface area contributed by atoms with Crippen LogP contribution in [0.4, 0.5) is 5.69 Å². The van der Waals surface area contributed by atoms with Crippen molar-refractivity contribution in [3.8, 4) is 0 Å². The van der Waals surface area contributed by atoms with Crippen LogP contribution in [-0.4, -0.2) is 18.9 Å². The molecule has 0 unspecified atom stereocenters. The maximum Gasteiger partial charge on any atom is 0.168 e.